The summed E-state index contributed by atoms with van der Waals surface area (Å²) < 4.78 is 5.39. The van der Waals surface area contributed by atoms with E-state index < -0.39 is 5.60 Å². The van der Waals surface area contributed by atoms with Crippen molar-refractivity contribution in [3.05, 3.63) is 33.8 Å². The highest BCUT2D eigenvalue weighted by atomic mass is 35.5. The second-order valence-corrected chi connectivity index (χ2v) is 4.74. The van der Waals surface area contributed by atoms with Crippen molar-refractivity contribution in [3.63, 3.8) is 0 Å². The van der Waals surface area contributed by atoms with Gasteiger partial charge in [-0.1, -0.05) is 23.2 Å². The molecule has 0 radical (unpaired) electrons. The van der Waals surface area contributed by atoms with Gasteiger partial charge in [0.25, 0.3) is 0 Å². The van der Waals surface area contributed by atoms with E-state index >= 15 is 0 Å². The number of ketones is 1. The average Bonchev–Trinajstić information content (AvgIpc) is 2.20. The zero-order valence-electron chi connectivity index (χ0n) is 9.51. The Morgan fingerprint density at radius 3 is 2.56 bits per heavy atom. The third-order valence-electron chi connectivity index (χ3n) is 2.23. The molecule has 4 heteroatoms. The van der Waals surface area contributed by atoms with Gasteiger partial charge in [-0.25, -0.2) is 0 Å². The van der Waals surface area contributed by atoms with E-state index in [1.54, 1.807) is 32.0 Å². The maximum absolute atomic E-state index is 12.2. The van der Waals surface area contributed by atoms with Gasteiger partial charge in [0, 0.05) is 17.2 Å². The lowest BCUT2D eigenvalue weighted by Gasteiger charge is -2.23. The van der Waals surface area contributed by atoms with Gasteiger partial charge in [-0.15, -0.1) is 0 Å². The first-order valence-corrected chi connectivity index (χ1v) is 5.78. The number of hydrogen-bond acceptors (Lipinski definition) is 2. The molecule has 1 aromatic carbocycles. The van der Waals surface area contributed by atoms with Crippen LogP contribution in [0, 0.1) is 0 Å². The fourth-order valence-electron chi connectivity index (χ4n) is 1.42. The predicted octanol–water partition coefficient (Wildman–Crippen LogP) is 3.99. The molecule has 0 amide bonds. The molecule has 0 aromatic heterocycles. The lowest BCUT2D eigenvalue weighted by atomic mass is 9.96. The lowest BCUT2D eigenvalue weighted by molar-refractivity contribution is 0.00127. The fraction of sp³-hybridized carbons (Fsp3) is 0.417. The van der Waals surface area contributed by atoms with Crippen molar-refractivity contribution < 1.29 is 9.53 Å². The van der Waals surface area contributed by atoms with Crippen molar-refractivity contribution >= 4 is 29.0 Å². The number of Topliss-reactive ketones (excluding diaryl/α,β-unsaturated/α-hetero) is 1. The molecule has 0 saturated heterocycles. The van der Waals surface area contributed by atoms with Crippen LogP contribution in [0.25, 0.3) is 0 Å². The molecule has 0 spiro atoms. The van der Waals surface area contributed by atoms with Crippen molar-refractivity contribution in [1.82, 2.24) is 0 Å². The minimum Gasteiger partial charge on any atom is -0.368 e. The zero-order chi connectivity index (χ0) is 12.3. The number of carbonyl (C=O) groups is 1. The van der Waals surface area contributed by atoms with Gasteiger partial charge >= 0.3 is 0 Å². The number of carbonyl (C=O) groups excluding carboxylic acids is 1. The number of ether oxygens (including phenoxy) is 1. The van der Waals surface area contributed by atoms with Crippen LogP contribution in [0.5, 0.6) is 0 Å². The van der Waals surface area contributed by atoms with Crippen LogP contribution in [-0.2, 0) is 4.74 Å². The first kappa shape index (κ1) is 13.5. The number of rotatable bonds is 4. The summed E-state index contributed by atoms with van der Waals surface area (Å²) in [7, 11) is 0. The van der Waals surface area contributed by atoms with Gasteiger partial charge in [0.2, 0.25) is 0 Å². The lowest BCUT2D eigenvalue weighted by Crippen LogP contribution is -2.35. The summed E-state index contributed by atoms with van der Waals surface area (Å²) in [5, 5.41) is 0.877. The summed E-state index contributed by atoms with van der Waals surface area (Å²) in [4.78, 5) is 12.2. The summed E-state index contributed by atoms with van der Waals surface area (Å²) in [5.41, 5.74) is -0.490. The van der Waals surface area contributed by atoms with Gasteiger partial charge < -0.3 is 4.74 Å². The van der Waals surface area contributed by atoms with E-state index in [2.05, 4.69) is 0 Å². The second kappa shape index (κ2) is 5.17. The van der Waals surface area contributed by atoms with Crippen LogP contribution < -0.4 is 0 Å². The Morgan fingerprint density at radius 1 is 1.38 bits per heavy atom. The predicted molar refractivity (Wildman–Crippen MR) is 66.5 cm³/mol. The first-order chi connectivity index (χ1) is 7.38. The summed E-state index contributed by atoms with van der Waals surface area (Å²) in [6.45, 7) is 5.75. The van der Waals surface area contributed by atoms with E-state index in [4.69, 9.17) is 27.9 Å². The van der Waals surface area contributed by atoms with Gasteiger partial charge in [0.15, 0.2) is 5.78 Å². The maximum atomic E-state index is 12.2. The smallest absolute Gasteiger partial charge is 0.195 e. The molecule has 1 aromatic rings. The molecule has 0 unspecified atom stereocenters. The van der Waals surface area contributed by atoms with Crippen LogP contribution in [0.15, 0.2) is 18.2 Å². The molecular weight excluding hydrogens is 247 g/mol. The van der Waals surface area contributed by atoms with Crippen LogP contribution in [-0.4, -0.2) is 18.0 Å². The highest BCUT2D eigenvalue weighted by Gasteiger charge is 2.30. The molecule has 0 saturated carbocycles. The minimum atomic E-state index is -0.886. The second-order valence-electron chi connectivity index (χ2n) is 3.90. The zero-order valence-corrected chi connectivity index (χ0v) is 11.0. The summed E-state index contributed by atoms with van der Waals surface area (Å²) in [6.07, 6.45) is 0. The van der Waals surface area contributed by atoms with Crippen molar-refractivity contribution in [2.45, 2.75) is 26.4 Å². The van der Waals surface area contributed by atoms with E-state index in [1.807, 2.05) is 6.92 Å². The van der Waals surface area contributed by atoms with Crippen molar-refractivity contribution in [2.24, 2.45) is 0 Å². The van der Waals surface area contributed by atoms with E-state index in [9.17, 15) is 4.79 Å². The Bertz CT molecular complexity index is 400. The maximum Gasteiger partial charge on any atom is 0.195 e. The molecule has 88 valence electrons. The van der Waals surface area contributed by atoms with Gasteiger partial charge in [0.1, 0.15) is 5.60 Å². The standard InChI is InChI=1S/C12H14Cl2O2/c1-4-16-12(2,3)11(15)9-7-8(13)5-6-10(9)14/h5-7H,4H2,1-3H3. The molecule has 2 nitrogen and oxygen atoms in total. The quantitative estimate of drug-likeness (QED) is 0.766. The minimum absolute atomic E-state index is 0.165. The molecule has 0 N–H and O–H groups in total. The summed E-state index contributed by atoms with van der Waals surface area (Å²) in [6, 6.07) is 4.82. The van der Waals surface area contributed by atoms with Gasteiger partial charge in [-0.05, 0) is 39.0 Å². The number of halogens is 2. The fourth-order valence-corrected chi connectivity index (χ4v) is 1.80. The molecule has 16 heavy (non-hydrogen) atoms. The van der Waals surface area contributed by atoms with E-state index in [1.165, 1.54) is 0 Å². The molecular formula is C12H14Cl2O2. The topological polar surface area (TPSA) is 26.3 Å². The van der Waals surface area contributed by atoms with E-state index in [0.29, 0.717) is 22.2 Å². The Morgan fingerprint density at radius 2 is 2.00 bits per heavy atom. The Hall–Kier alpha value is -0.570. The van der Waals surface area contributed by atoms with Crippen LogP contribution in [0.4, 0.5) is 0 Å². The molecule has 0 aliphatic rings. The first-order valence-electron chi connectivity index (χ1n) is 5.02. The molecule has 0 heterocycles. The highest BCUT2D eigenvalue weighted by molar-refractivity contribution is 6.36. The Labute approximate surface area is 106 Å². The van der Waals surface area contributed by atoms with Gasteiger partial charge in [-0.2, -0.15) is 0 Å². The number of hydrogen-bond donors (Lipinski definition) is 0. The monoisotopic (exact) mass is 260 g/mol. The summed E-state index contributed by atoms with van der Waals surface area (Å²) in [5.74, 6) is -0.165. The molecule has 1 rings (SSSR count). The van der Waals surface area contributed by atoms with Crippen molar-refractivity contribution in [2.75, 3.05) is 6.61 Å². The van der Waals surface area contributed by atoms with Crippen LogP contribution in [0.3, 0.4) is 0 Å². The van der Waals surface area contributed by atoms with E-state index in [0.717, 1.165) is 0 Å². The highest BCUT2D eigenvalue weighted by Crippen LogP contribution is 2.26. The van der Waals surface area contributed by atoms with Crippen LogP contribution >= 0.6 is 23.2 Å². The van der Waals surface area contributed by atoms with Gasteiger partial charge in [0.05, 0.1) is 5.02 Å². The third-order valence-corrected chi connectivity index (χ3v) is 2.79. The van der Waals surface area contributed by atoms with E-state index in [-0.39, 0.29) is 5.78 Å². The largest absolute Gasteiger partial charge is 0.368 e. The van der Waals surface area contributed by atoms with Gasteiger partial charge in [-0.3, -0.25) is 4.79 Å². The number of benzene rings is 1. The molecule has 0 bridgehead atoms. The SMILES string of the molecule is CCOC(C)(C)C(=O)c1cc(Cl)ccc1Cl. The normalized spacial score (nSPS) is 11.6. The Kier molecular flexibility index (Phi) is 4.36. The van der Waals surface area contributed by atoms with Crippen molar-refractivity contribution in [1.29, 1.82) is 0 Å². The summed E-state index contributed by atoms with van der Waals surface area (Å²) >= 11 is 11.8. The molecule has 0 fully saturated rings. The molecule has 0 atom stereocenters. The van der Waals surface area contributed by atoms with Crippen LogP contribution in [0.2, 0.25) is 10.0 Å². The molecule has 0 aliphatic carbocycles. The molecule has 0 aliphatic heterocycles. The Balaban J connectivity index is 3.09. The third kappa shape index (κ3) is 2.97. The van der Waals surface area contributed by atoms with Crippen LogP contribution in [0.1, 0.15) is 31.1 Å². The van der Waals surface area contributed by atoms with Crippen molar-refractivity contribution in [3.8, 4) is 0 Å². The average molecular weight is 261 g/mol.